The van der Waals surface area contributed by atoms with Crippen LogP contribution in [-0.2, 0) is 11.0 Å². The second-order valence-corrected chi connectivity index (χ2v) is 8.23. The summed E-state index contributed by atoms with van der Waals surface area (Å²) in [7, 11) is 0. The van der Waals surface area contributed by atoms with Crippen molar-refractivity contribution in [1.82, 2.24) is 5.32 Å². The van der Waals surface area contributed by atoms with Crippen molar-refractivity contribution in [2.45, 2.75) is 52.8 Å². The molecule has 27 heavy (non-hydrogen) atoms. The minimum absolute atomic E-state index is 0.0410. The second kappa shape index (κ2) is 7.91. The first-order valence-corrected chi connectivity index (χ1v) is 9.27. The number of amides is 1. The first-order chi connectivity index (χ1) is 12.4. The van der Waals surface area contributed by atoms with Gasteiger partial charge in [-0.2, -0.15) is 13.2 Å². The molecule has 0 aliphatic heterocycles. The minimum Gasteiger partial charge on any atom is -0.350 e. The predicted molar refractivity (Wildman–Crippen MR) is 102 cm³/mol. The van der Waals surface area contributed by atoms with Gasteiger partial charge in [-0.15, -0.1) is 0 Å². The van der Waals surface area contributed by atoms with Crippen molar-refractivity contribution in [1.29, 1.82) is 0 Å². The van der Waals surface area contributed by atoms with Gasteiger partial charge in [-0.3, -0.25) is 4.79 Å². The van der Waals surface area contributed by atoms with Crippen LogP contribution in [0.25, 0.3) is 0 Å². The molecule has 148 valence electrons. The molecule has 0 aromatic heterocycles. The van der Waals surface area contributed by atoms with E-state index in [4.69, 9.17) is 0 Å². The van der Waals surface area contributed by atoms with Crippen LogP contribution >= 0.6 is 0 Å². The summed E-state index contributed by atoms with van der Waals surface area (Å²) in [6.45, 7) is 10.1. The third kappa shape index (κ3) is 5.24. The minimum atomic E-state index is -4.33. The highest BCUT2D eigenvalue weighted by molar-refractivity contribution is 5.87. The fourth-order valence-corrected chi connectivity index (χ4v) is 3.35. The Morgan fingerprint density at radius 1 is 1.19 bits per heavy atom. The van der Waals surface area contributed by atoms with Gasteiger partial charge in [0, 0.05) is 12.1 Å². The molecule has 0 heterocycles. The molecule has 1 saturated carbocycles. The largest absolute Gasteiger partial charge is 0.416 e. The summed E-state index contributed by atoms with van der Waals surface area (Å²) in [5.41, 5.74) is -0.0126. The molecule has 3 atom stereocenters. The summed E-state index contributed by atoms with van der Waals surface area (Å²) in [5.74, 6) is 0.395. The fourth-order valence-electron chi connectivity index (χ4n) is 3.35. The second-order valence-electron chi connectivity index (χ2n) is 8.23. The quantitative estimate of drug-likeness (QED) is 0.497. The summed E-state index contributed by atoms with van der Waals surface area (Å²) in [6.07, 6.45) is 2.61. The van der Waals surface area contributed by atoms with Crippen LogP contribution in [0.2, 0.25) is 0 Å². The van der Waals surface area contributed by atoms with E-state index in [9.17, 15) is 18.0 Å². The van der Waals surface area contributed by atoms with Gasteiger partial charge < -0.3 is 5.32 Å². The van der Waals surface area contributed by atoms with Gasteiger partial charge in [0.2, 0.25) is 5.91 Å². The number of alkyl halides is 3. The SMILES string of the molecule is CC(C)C(C)NC(=O)C=CC=C[C@H]1[C@H](c2cccc(C(F)(F)F)c2)C1(C)C. The Morgan fingerprint density at radius 2 is 1.85 bits per heavy atom. The highest BCUT2D eigenvalue weighted by Gasteiger charge is 2.56. The third-order valence-corrected chi connectivity index (χ3v) is 5.53. The lowest BCUT2D eigenvalue weighted by molar-refractivity contribution is -0.137. The Kier molecular flexibility index (Phi) is 6.23. The smallest absolute Gasteiger partial charge is 0.350 e. The average Bonchev–Trinajstić information content (AvgIpc) is 3.11. The van der Waals surface area contributed by atoms with Gasteiger partial charge in [0.05, 0.1) is 5.56 Å². The number of rotatable bonds is 6. The Bertz CT molecular complexity index is 731. The molecule has 2 nitrogen and oxygen atoms in total. The van der Waals surface area contributed by atoms with Crippen LogP contribution in [0.1, 0.15) is 51.7 Å². The molecule has 1 fully saturated rings. The number of carbonyl (C=O) groups is 1. The summed E-state index contributed by atoms with van der Waals surface area (Å²) in [6, 6.07) is 5.67. The van der Waals surface area contributed by atoms with E-state index in [1.54, 1.807) is 18.2 Å². The van der Waals surface area contributed by atoms with Crippen molar-refractivity contribution < 1.29 is 18.0 Å². The van der Waals surface area contributed by atoms with E-state index in [-0.39, 0.29) is 29.2 Å². The van der Waals surface area contributed by atoms with Crippen LogP contribution in [0.5, 0.6) is 0 Å². The number of halogens is 3. The highest BCUT2D eigenvalue weighted by atomic mass is 19.4. The average molecular weight is 379 g/mol. The number of carbonyl (C=O) groups excluding carboxylic acids is 1. The van der Waals surface area contributed by atoms with Crippen LogP contribution in [0.3, 0.4) is 0 Å². The van der Waals surface area contributed by atoms with Crippen LogP contribution in [-0.4, -0.2) is 11.9 Å². The molecule has 1 aromatic carbocycles. The molecule has 0 radical (unpaired) electrons. The maximum Gasteiger partial charge on any atom is 0.416 e. The van der Waals surface area contributed by atoms with E-state index in [1.807, 2.05) is 40.7 Å². The van der Waals surface area contributed by atoms with Gasteiger partial charge in [-0.25, -0.2) is 0 Å². The summed E-state index contributed by atoms with van der Waals surface area (Å²) < 4.78 is 38.8. The normalized spacial score (nSPS) is 23.1. The van der Waals surface area contributed by atoms with Gasteiger partial charge >= 0.3 is 6.18 Å². The number of benzene rings is 1. The zero-order valence-electron chi connectivity index (χ0n) is 16.5. The molecular formula is C22H28F3NO. The molecule has 0 bridgehead atoms. The van der Waals surface area contributed by atoms with E-state index < -0.39 is 11.7 Å². The predicted octanol–water partition coefficient (Wildman–Crippen LogP) is 5.72. The molecule has 1 unspecified atom stereocenters. The molecule has 2 rings (SSSR count). The van der Waals surface area contributed by atoms with Crippen molar-refractivity contribution in [3.05, 3.63) is 59.7 Å². The first kappa shape index (κ1) is 21.3. The summed E-state index contributed by atoms with van der Waals surface area (Å²) >= 11 is 0. The molecule has 1 aliphatic rings. The van der Waals surface area contributed by atoms with Gasteiger partial charge in [-0.05, 0) is 41.7 Å². The van der Waals surface area contributed by atoms with E-state index in [0.717, 1.165) is 6.07 Å². The molecule has 1 amide bonds. The monoisotopic (exact) mass is 379 g/mol. The topological polar surface area (TPSA) is 29.1 Å². The Morgan fingerprint density at radius 3 is 2.44 bits per heavy atom. The molecule has 5 heteroatoms. The first-order valence-electron chi connectivity index (χ1n) is 9.27. The lowest BCUT2D eigenvalue weighted by atomic mass is 10.0. The standard InChI is InChI=1S/C22H28F3NO/c1-14(2)15(3)26-19(27)12-7-6-11-18-20(21(18,4)5)16-9-8-10-17(13-16)22(23,24)25/h6-15,18,20H,1-5H3,(H,26,27)/t15?,18-,20-/m0/s1. The lowest BCUT2D eigenvalue weighted by Crippen LogP contribution is -2.34. The van der Waals surface area contributed by atoms with Crippen molar-refractivity contribution >= 4 is 5.91 Å². The van der Waals surface area contributed by atoms with Crippen LogP contribution in [0.15, 0.2) is 48.6 Å². The Hall–Kier alpha value is -2.04. The van der Waals surface area contributed by atoms with E-state index in [1.165, 1.54) is 18.2 Å². The van der Waals surface area contributed by atoms with Gasteiger partial charge in [0.15, 0.2) is 0 Å². The molecule has 1 aromatic rings. The van der Waals surface area contributed by atoms with Crippen LogP contribution in [0, 0.1) is 17.3 Å². The zero-order valence-corrected chi connectivity index (χ0v) is 16.5. The fraction of sp³-hybridized carbons (Fsp3) is 0.500. The zero-order chi connectivity index (χ0) is 20.4. The van der Waals surface area contributed by atoms with Crippen molar-refractivity contribution in [2.24, 2.45) is 17.3 Å². The third-order valence-electron chi connectivity index (χ3n) is 5.53. The molecule has 0 spiro atoms. The molecule has 1 aliphatic carbocycles. The number of hydrogen-bond acceptors (Lipinski definition) is 1. The number of allylic oxidation sites excluding steroid dienone is 3. The highest BCUT2D eigenvalue weighted by Crippen LogP contribution is 2.65. The van der Waals surface area contributed by atoms with E-state index in [2.05, 4.69) is 5.32 Å². The Balaban J connectivity index is 2.01. The molecule has 1 N–H and O–H groups in total. The van der Waals surface area contributed by atoms with Crippen LogP contribution in [0.4, 0.5) is 13.2 Å². The molecule has 0 saturated heterocycles. The van der Waals surface area contributed by atoms with Gasteiger partial charge in [0.1, 0.15) is 0 Å². The number of hydrogen-bond donors (Lipinski definition) is 1. The van der Waals surface area contributed by atoms with Crippen LogP contribution < -0.4 is 5.32 Å². The maximum atomic E-state index is 12.9. The lowest BCUT2D eigenvalue weighted by Gasteiger charge is -2.15. The van der Waals surface area contributed by atoms with Crippen molar-refractivity contribution in [3.8, 4) is 0 Å². The van der Waals surface area contributed by atoms with Gasteiger partial charge in [-0.1, -0.05) is 64.1 Å². The Labute approximate surface area is 159 Å². The van der Waals surface area contributed by atoms with Gasteiger partial charge in [0.25, 0.3) is 0 Å². The summed E-state index contributed by atoms with van der Waals surface area (Å²) in [5, 5.41) is 2.89. The summed E-state index contributed by atoms with van der Waals surface area (Å²) in [4.78, 5) is 11.8. The molecular weight excluding hydrogens is 351 g/mol. The van der Waals surface area contributed by atoms with E-state index in [0.29, 0.717) is 11.5 Å². The van der Waals surface area contributed by atoms with E-state index >= 15 is 0 Å². The van der Waals surface area contributed by atoms with Crippen molar-refractivity contribution in [2.75, 3.05) is 0 Å². The number of nitrogens with one attached hydrogen (secondary N) is 1. The van der Waals surface area contributed by atoms with Crippen molar-refractivity contribution in [3.63, 3.8) is 0 Å². The maximum absolute atomic E-state index is 12.9.